The zero-order chi connectivity index (χ0) is 6.97. The number of rotatable bonds is 0. The predicted octanol–water partition coefficient (Wildman–Crippen LogP) is 0.766. The van der Waals surface area contributed by atoms with Crippen LogP contribution in [0.15, 0.2) is 18.5 Å². The van der Waals surface area contributed by atoms with E-state index in [1.165, 1.54) is 0 Å². The minimum absolute atomic E-state index is 0. The largest absolute Gasteiger partial charge is 0.471 e. The Morgan fingerprint density at radius 1 is 1.55 bits per heavy atom. The summed E-state index contributed by atoms with van der Waals surface area (Å²) in [5, 5.41) is 8.69. The zero-order valence-corrected chi connectivity index (χ0v) is 8.99. The molecule has 0 aliphatic carbocycles. The third-order valence-corrected chi connectivity index (χ3v) is 1.37. The zero-order valence-electron chi connectivity index (χ0n) is 6.15. The minimum Gasteiger partial charge on any atom is -0.471 e. The van der Waals surface area contributed by atoms with Crippen molar-refractivity contribution in [1.82, 2.24) is 14.8 Å². The average Bonchev–Trinajstić information content (AvgIpc) is 2.27. The molecule has 0 unspecified atom stereocenters. The van der Waals surface area contributed by atoms with Gasteiger partial charge in [0.1, 0.15) is 0 Å². The Kier molecular flexibility index (Phi) is 2.74. The van der Waals surface area contributed by atoms with Crippen LogP contribution in [-0.2, 0) is 39.8 Å². The Balaban J connectivity index is 0.000000605. The molecular formula is C7H6N3Y-. The van der Waals surface area contributed by atoms with Crippen molar-refractivity contribution < 1.29 is 32.7 Å². The second kappa shape index (κ2) is 3.41. The van der Waals surface area contributed by atoms with Crippen LogP contribution in [0, 0.1) is 6.20 Å². The van der Waals surface area contributed by atoms with Crippen molar-refractivity contribution in [1.29, 1.82) is 0 Å². The molecular weight excluding hydrogens is 215 g/mol. The van der Waals surface area contributed by atoms with E-state index in [9.17, 15) is 0 Å². The normalized spacial score (nSPS) is 9.55. The van der Waals surface area contributed by atoms with Gasteiger partial charge in [-0.3, -0.25) is 0 Å². The van der Waals surface area contributed by atoms with E-state index < -0.39 is 0 Å². The molecule has 0 bridgehead atoms. The Bertz CT molecular complexity index is 322. The number of fused-ring (bicyclic) bond motifs is 1. The number of aryl methyl sites for hydroxylation is 1. The summed E-state index contributed by atoms with van der Waals surface area (Å²) in [6.45, 7) is 0. The summed E-state index contributed by atoms with van der Waals surface area (Å²) in [5.74, 6) is 0. The fourth-order valence-electron chi connectivity index (χ4n) is 0.940. The van der Waals surface area contributed by atoms with E-state index in [1.807, 2.05) is 23.9 Å². The van der Waals surface area contributed by atoms with Gasteiger partial charge in [0.05, 0.1) is 0 Å². The standard InChI is InChI=1S/C7H6N3.Y/c1-10-4-6-2-3-8-9-7(6)5-10;/h2-4H,1H3;/q-1;. The molecule has 11 heavy (non-hydrogen) atoms. The molecule has 4 heteroatoms. The SMILES string of the molecule is Cn1[c-]c2nnccc2c1.[Y]. The molecule has 0 fully saturated rings. The van der Waals surface area contributed by atoms with Crippen molar-refractivity contribution >= 4 is 10.9 Å². The van der Waals surface area contributed by atoms with Crippen LogP contribution in [0.4, 0.5) is 0 Å². The number of aromatic nitrogens is 3. The van der Waals surface area contributed by atoms with Gasteiger partial charge in [-0.25, -0.2) is 0 Å². The second-order valence-corrected chi connectivity index (χ2v) is 2.19. The first-order chi connectivity index (χ1) is 4.86. The van der Waals surface area contributed by atoms with Crippen LogP contribution < -0.4 is 0 Å². The molecule has 0 aromatic carbocycles. The molecule has 1 radical (unpaired) electrons. The Labute approximate surface area is 89.7 Å². The van der Waals surface area contributed by atoms with Crippen molar-refractivity contribution in [2.45, 2.75) is 0 Å². The van der Waals surface area contributed by atoms with Crippen molar-refractivity contribution in [3.8, 4) is 0 Å². The molecule has 3 nitrogen and oxygen atoms in total. The summed E-state index contributed by atoms with van der Waals surface area (Å²) in [5.41, 5.74) is 0.824. The minimum atomic E-state index is 0. The molecule has 0 spiro atoms. The Morgan fingerprint density at radius 3 is 3.09 bits per heavy atom. The first-order valence-electron chi connectivity index (χ1n) is 3.02. The smallest absolute Gasteiger partial charge is 0.0371 e. The van der Waals surface area contributed by atoms with Gasteiger partial charge in [0.15, 0.2) is 0 Å². The maximum absolute atomic E-state index is 3.88. The van der Waals surface area contributed by atoms with Crippen molar-refractivity contribution in [2.24, 2.45) is 7.05 Å². The van der Waals surface area contributed by atoms with Crippen LogP contribution in [0.2, 0.25) is 0 Å². The molecule has 2 rings (SSSR count). The van der Waals surface area contributed by atoms with Gasteiger partial charge in [0, 0.05) is 38.9 Å². The first-order valence-corrected chi connectivity index (χ1v) is 3.02. The first kappa shape index (κ1) is 8.82. The third kappa shape index (κ3) is 1.65. The summed E-state index contributed by atoms with van der Waals surface area (Å²) in [7, 11) is 1.92. The summed E-state index contributed by atoms with van der Waals surface area (Å²) in [6.07, 6.45) is 6.64. The average molecular weight is 221 g/mol. The summed E-state index contributed by atoms with van der Waals surface area (Å²) >= 11 is 0. The van der Waals surface area contributed by atoms with E-state index in [0.29, 0.717) is 0 Å². The van der Waals surface area contributed by atoms with Gasteiger partial charge in [0.25, 0.3) is 0 Å². The van der Waals surface area contributed by atoms with Crippen LogP contribution in [0.3, 0.4) is 0 Å². The molecule has 2 aromatic heterocycles. The molecule has 53 valence electrons. The number of hydrogen-bond acceptors (Lipinski definition) is 2. The van der Waals surface area contributed by atoms with Crippen molar-refractivity contribution in [3.63, 3.8) is 0 Å². The topological polar surface area (TPSA) is 30.7 Å². The van der Waals surface area contributed by atoms with Gasteiger partial charge in [-0.1, -0.05) is 12.3 Å². The van der Waals surface area contributed by atoms with Crippen LogP contribution >= 0.6 is 0 Å². The molecule has 0 atom stereocenters. The predicted molar refractivity (Wildman–Crippen MR) is 37.3 cm³/mol. The van der Waals surface area contributed by atoms with Gasteiger partial charge in [-0.2, -0.15) is 10.2 Å². The maximum atomic E-state index is 3.88. The fourth-order valence-corrected chi connectivity index (χ4v) is 0.940. The molecule has 0 aliphatic rings. The summed E-state index contributed by atoms with van der Waals surface area (Å²) in [4.78, 5) is 0. The molecule has 0 aliphatic heterocycles. The summed E-state index contributed by atoms with van der Waals surface area (Å²) < 4.78 is 1.85. The molecule has 0 N–H and O–H groups in total. The third-order valence-electron chi connectivity index (χ3n) is 1.37. The van der Waals surface area contributed by atoms with Crippen LogP contribution in [0.25, 0.3) is 10.9 Å². The Morgan fingerprint density at radius 2 is 2.36 bits per heavy atom. The van der Waals surface area contributed by atoms with Crippen LogP contribution in [0.5, 0.6) is 0 Å². The van der Waals surface area contributed by atoms with Crippen LogP contribution in [0.1, 0.15) is 0 Å². The van der Waals surface area contributed by atoms with Gasteiger partial charge < -0.3 is 4.57 Å². The van der Waals surface area contributed by atoms with Crippen LogP contribution in [-0.4, -0.2) is 14.8 Å². The van der Waals surface area contributed by atoms with E-state index in [2.05, 4.69) is 16.4 Å². The molecule has 0 amide bonds. The van der Waals surface area contributed by atoms with Gasteiger partial charge in [0.2, 0.25) is 0 Å². The van der Waals surface area contributed by atoms with Crippen molar-refractivity contribution in [2.75, 3.05) is 0 Å². The van der Waals surface area contributed by atoms with E-state index in [-0.39, 0.29) is 32.7 Å². The van der Waals surface area contributed by atoms with Crippen molar-refractivity contribution in [3.05, 3.63) is 24.7 Å². The molecule has 0 saturated heterocycles. The van der Waals surface area contributed by atoms with E-state index in [1.54, 1.807) is 6.20 Å². The summed E-state index contributed by atoms with van der Waals surface area (Å²) in [6, 6.07) is 1.92. The number of nitrogens with zero attached hydrogens (tertiary/aromatic N) is 3. The molecule has 2 heterocycles. The van der Waals surface area contributed by atoms with E-state index in [0.717, 1.165) is 10.9 Å². The molecule has 2 aromatic rings. The monoisotopic (exact) mass is 221 g/mol. The number of hydrogen-bond donors (Lipinski definition) is 0. The van der Waals surface area contributed by atoms with Gasteiger partial charge in [-0.15, -0.1) is 11.6 Å². The Hall–Kier alpha value is -0.276. The van der Waals surface area contributed by atoms with E-state index in [4.69, 9.17) is 0 Å². The van der Waals surface area contributed by atoms with Gasteiger partial charge >= 0.3 is 0 Å². The quantitative estimate of drug-likeness (QED) is 0.615. The molecule has 0 saturated carbocycles. The maximum Gasteiger partial charge on any atom is 0.0371 e. The second-order valence-electron chi connectivity index (χ2n) is 2.19. The van der Waals surface area contributed by atoms with Gasteiger partial charge in [-0.05, 0) is 12.6 Å². The van der Waals surface area contributed by atoms with E-state index >= 15 is 0 Å². The fraction of sp³-hybridized carbons (Fsp3) is 0.143.